The Morgan fingerprint density at radius 2 is 2.31 bits per heavy atom. The number of carbonyl (C=O) groups excluding carboxylic acids is 1. The second-order valence-corrected chi connectivity index (χ2v) is 3.95. The van der Waals surface area contributed by atoms with Gasteiger partial charge in [0.05, 0.1) is 0 Å². The maximum absolute atomic E-state index is 13.4. The number of rotatable bonds is 3. The Morgan fingerprint density at radius 3 is 3.00 bits per heavy atom. The van der Waals surface area contributed by atoms with Crippen molar-refractivity contribution in [2.45, 2.75) is 25.9 Å². The topological polar surface area (TPSA) is 20.3 Å². The molecule has 1 amide bonds. The normalized spacial score (nSPS) is 13.7. The summed E-state index contributed by atoms with van der Waals surface area (Å²) in [4.78, 5) is 13.4. The molecule has 1 aromatic rings. The molecule has 0 fully saturated rings. The van der Waals surface area contributed by atoms with E-state index in [4.69, 9.17) is 0 Å². The minimum atomic E-state index is -0.212. The molecule has 1 aliphatic heterocycles. The summed E-state index contributed by atoms with van der Waals surface area (Å²) in [5.41, 5.74) is 1.58. The van der Waals surface area contributed by atoms with E-state index in [1.54, 1.807) is 17.0 Å². The molecule has 0 unspecified atom stereocenters. The molecule has 0 saturated carbocycles. The number of benzene rings is 1. The molecule has 0 radical (unpaired) electrons. The molecule has 0 aliphatic carbocycles. The minimum Gasteiger partial charge on any atom is -0.334 e. The Kier molecular flexibility index (Phi) is 3.04. The van der Waals surface area contributed by atoms with Crippen molar-refractivity contribution in [3.63, 3.8) is 0 Å². The molecular formula is C13H14FNO. The predicted octanol–water partition coefficient (Wildman–Crippen LogP) is 2.63. The second kappa shape index (κ2) is 4.47. The summed E-state index contributed by atoms with van der Waals surface area (Å²) >= 11 is 0. The molecule has 0 aromatic heterocycles. The molecule has 0 bridgehead atoms. The number of amides is 1. The van der Waals surface area contributed by atoms with E-state index in [9.17, 15) is 9.18 Å². The first kappa shape index (κ1) is 10.9. The van der Waals surface area contributed by atoms with Crippen molar-refractivity contribution in [2.24, 2.45) is 0 Å². The first-order chi connectivity index (χ1) is 7.72. The largest absolute Gasteiger partial charge is 0.334 e. The van der Waals surface area contributed by atoms with Crippen molar-refractivity contribution in [3.05, 3.63) is 47.8 Å². The highest BCUT2D eigenvalue weighted by atomic mass is 19.1. The highest BCUT2D eigenvalue weighted by Crippen LogP contribution is 2.25. The third-order valence-electron chi connectivity index (χ3n) is 2.84. The van der Waals surface area contributed by atoms with E-state index in [1.807, 2.05) is 6.07 Å². The first-order valence-electron chi connectivity index (χ1n) is 5.37. The lowest BCUT2D eigenvalue weighted by Gasteiger charge is -2.14. The van der Waals surface area contributed by atoms with Gasteiger partial charge in [-0.15, -0.1) is 6.58 Å². The van der Waals surface area contributed by atoms with Crippen molar-refractivity contribution in [1.29, 1.82) is 0 Å². The summed E-state index contributed by atoms with van der Waals surface area (Å²) in [5.74, 6) is -0.146. The summed E-state index contributed by atoms with van der Waals surface area (Å²) in [6, 6.07) is 5.00. The van der Waals surface area contributed by atoms with Gasteiger partial charge in [0.1, 0.15) is 5.82 Å². The smallest absolute Gasteiger partial charge is 0.223 e. The number of carbonyl (C=O) groups is 1. The number of nitrogens with zero attached hydrogens (tertiary/aromatic N) is 1. The van der Waals surface area contributed by atoms with Gasteiger partial charge in [-0.1, -0.05) is 18.2 Å². The molecule has 1 heterocycles. The van der Waals surface area contributed by atoms with Crippen LogP contribution < -0.4 is 0 Å². The van der Waals surface area contributed by atoms with Crippen LogP contribution in [0.2, 0.25) is 0 Å². The van der Waals surface area contributed by atoms with E-state index in [1.165, 1.54) is 6.07 Å². The Hall–Kier alpha value is -1.64. The van der Waals surface area contributed by atoms with E-state index in [0.29, 0.717) is 31.5 Å². The molecule has 2 nitrogen and oxygen atoms in total. The Labute approximate surface area is 94.4 Å². The van der Waals surface area contributed by atoms with Crippen LogP contribution in [0, 0.1) is 5.82 Å². The SMILES string of the molecule is C=CCCC(=O)N1Cc2cccc(F)c2C1. The van der Waals surface area contributed by atoms with Gasteiger partial charge < -0.3 is 4.90 Å². The zero-order valence-electron chi connectivity index (χ0n) is 9.08. The molecule has 84 valence electrons. The molecule has 2 rings (SSSR count). The molecule has 1 aliphatic rings. The monoisotopic (exact) mass is 219 g/mol. The molecule has 1 aromatic carbocycles. The quantitative estimate of drug-likeness (QED) is 0.716. The van der Waals surface area contributed by atoms with Crippen molar-refractivity contribution in [2.75, 3.05) is 0 Å². The minimum absolute atomic E-state index is 0.0653. The Balaban J connectivity index is 2.08. The van der Waals surface area contributed by atoms with Crippen LogP contribution >= 0.6 is 0 Å². The lowest BCUT2D eigenvalue weighted by Crippen LogP contribution is -2.24. The van der Waals surface area contributed by atoms with Crippen LogP contribution in [0.25, 0.3) is 0 Å². The zero-order valence-corrected chi connectivity index (χ0v) is 9.08. The van der Waals surface area contributed by atoms with Gasteiger partial charge in [0.25, 0.3) is 0 Å². The van der Waals surface area contributed by atoms with Crippen LogP contribution in [0.5, 0.6) is 0 Å². The van der Waals surface area contributed by atoms with Gasteiger partial charge in [-0.25, -0.2) is 4.39 Å². The van der Waals surface area contributed by atoms with Crippen LogP contribution in [0.1, 0.15) is 24.0 Å². The molecule has 3 heteroatoms. The molecule has 0 saturated heterocycles. The molecule has 0 spiro atoms. The summed E-state index contributed by atoms with van der Waals surface area (Å²) in [6.45, 7) is 4.51. The number of allylic oxidation sites excluding steroid dienone is 1. The van der Waals surface area contributed by atoms with E-state index in [-0.39, 0.29) is 11.7 Å². The Morgan fingerprint density at radius 1 is 1.50 bits per heavy atom. The fourth-order valence-electron chi connectivity index (χ4n) is 1.94. The lowest BCUT2D eigenvalue weighted by atomic mass is 10.1. The van der Waals surface area contributed by atoms with Gasteiger partial charge in [0, 0.05) is 25.1 Å². The number of hydrogen-bond donors (Lipinski definition) is 0. The van der Waals surface area contributed by atoms with Crippen LogP contribution in [0.3, 0.4) is 0 Å². The zero-order chi connectivity index (χ0) is 11.5. The van der Waals surface area contributed by atoms with Gasteiger partial charge in [0.15, 0.2) is 0 Å². The van der Waals surface area contributed by atoms with Gasteiger partial charge in [-0.2, -0.15) is 0 Å². The van der Waals surface area contributed by atoms with Crippen LogP contribution in [-0.2, 0) is 17.9 Å². The van der Waals surface area contributed by atoms with E-state index in [0.717, 1.165) is 5.56 Å². The third kappa shape index (κ3) is 1.98. The maximum atomic E-state index is 13.4. The van der Waals surface area contributed by atoms with Gasteiger partial charge in [0.2, 0.25) is 5.91 Å². The van der Waals surface area contributed by atoms with Gasteiger partial charge >= 0.3 is 0 Å². The number of hydrogen-bond acceptors (Lipinski definition) is 1. The van der Waals surface area contributed by atoms with Crippen molar-refractivity contribution >= 4 is 5.91 Å². The lowest BCUT2D eigenvalue weighted by molar-refractivity contribution is -0.131. The second-order valence-electron chi connectivity index (χ2n) is 3.95. The van der Waals surface area contributed by atoms with Crippen LogP contribution in [0.4, 0.5) is 4.39 Å². The van der Waals surface area contributed by atoms with Crippen molar-refractivity contribution in [3.8, 4) is 0 Å². The number of fused-ring (bicyclic) bond motifs is 1. The maximum Gasteiger partial charge on any atom is 0.223 e. The fourth-order valence-corrected chi connectivity index (χ4v) is 1.94. The molecular weight excluding hydrogens is 205 g/mol. The van der Waals surface area contributed by atoms with Crippen molar-refractivity contribution in [1.82, 2.24) is 4.90 Å². The van der Waals surface area contributed by atoms with E-state index < -0.39 is 0 Å². The molecule has 0 N–H and O–H groups in total. The van der Waals surface area contributed by atoms with Gasteiger partial charge in [-0.3, -0.25) is 4.79 Å². The average Bonchev–Trinajstić information content (AvgIpc) is 2.71. The first-order valence-corrected chi connectivity index (χ1v) is 5.37. The van der Waals surface area contributed by atoms with Crippen LogP contribution in [0.15, 0.2) is 30.9 Å². The van der Waals surface area contributed by atoms with E-state index in [2.05, 4.69) is 6.58 Å². The molecule has 16 heavy (non-hydrogen) atoms. The molecule has 0 atom stereocenters. The van der Waals surface area contributed by atoms with E-state index >= 15 is 0 Å². The number of halogens is 1. The summed E-state index contributed by atoms with van der Waals surface area (Å²) in [7, 11) is 0. The highest BCUT2D eigenvalue weighted by molar-refractivity contribution is 5.77. The standard InChI is InChI=1S/C13H14FNO/c1-2-3-7-13(16)15-8-10-5-4-6-12(14)11(10)9-15/h2,4-6H,1,3,7-9H2. The highest BCUT2D eigenvalue weighted by Gasteiger charge is 2.24. The summed E-state index contributed by atoms with van der Waals surface area (Å²) < 4.78 is 13.4. The third-order valence-corrected chi connectivity index (χ3v) is 2.84. The van der Waals surface area contributed by atoms with Crippen molar-refractivity contribution < 1.29 is 9.18 Å². The van der Waals surface area contributed by atoms with Gasteiger partial charge in [-0.05, 0) is 18.1 Å². The summed E-state index contributed by atoms with van der Waals surface area (Å²) in [5, 5.41) is 0. The average molecular weight is 219 g/mol. The predicted molar refractivity (Wildman–Crippen MR) is 60.1 cm³/mol. The summed E-state index contributed by atoms with van der Waals surface area (Å²) in [6.07, 6.45) is 2.86. The van der Waals surface area contributed by atoms with Crippen LogP contribution in [-0.4, -0.2) is 10.8 Å². The Bertz CT molecular complexity index is 428. The fraction of sp³-hybridized carbons (Fsp3) is 0.308.